The van der Waals surface area contributed by atoms with Gasteiger partial charge in [0.1, 0.15) is 0 Å². The summed E-state index contributed by atoms with van der Waals surface area (Å²) in [6.07, 6.45) is 4.52. The van der Waals surface area contributed by atoms with Crippen LogP contribution in [0.1, 0.15) is 37.7 Å². The van der Waals surface area contributed by atoms with E-state index in [2.05, 4.69) is 42.3 Å². The van der Waals surface area contributed by atoms with Crippen molar-refractivity contribution in [2.24, 2.45) is 0 Å². The third-order valence-corrected chi connectivity index (χ3v) is 5.91. The molecular formula is C21H32N2O3. The Labute approximate surface area is 157 Å². The average molecular weight is 360 g/mol. The van der Waals surface area contributed by atoms with Gasteiger partial charge in [0.25, 0.3) is 0 Å². The zero-order chi connectivity index (χ0) is 18.4. The van der Waals surface area contributed by atoms with Gasteiger partial charge in [-0.05, 0) is 38.3 Å². The van der Waals surface area contributed by atoms with E-state index in [1.165, 1.54) is 5.56 Å². The monoisotopic (exact) mass is 360 g/mol. The minimum absolute atomic E-state index is 0.0497. The first-order valence-electron chi connectivity index (χ1n) is 9.77. The number of benzene rings is 1. The first kappa shape index (κ1) is 19.3. The summed E-state index contributed by atoms with van der Waals surface area (Å²) < 4.78 is 11.3. The highest BCUT2D eigenvalue weighted by Crippen LogP contribution is 2.36. The molecule has 1 atom stereocenters. The quantitative estimate of drug-likeness (QED) is 0.782. The molecule has 0 aromatic heterocycles. The van der Waals surface area contributed by atoms with Crippen molar-refractivity contribution in [2.75, 3.05) is 40.5 Å². The minimum Gasteiger partial charge on any atom is -0.384 e. The molecule has 0 aliphatic carbocycles. The lowest BCUT2D eigenvalue weighted by molar-refractivity contribution is -0.149. The maximum Gasteiger partial charge on any atom is 0.224 e. The molecule has 2 aliphatic heterocycles. The van der Waals surface area contributed by atoms with Crippen molar-refractivity contribution in [1.29, 1.82) is 0 Å². The molecule has 2 fully saturated rings. The number of rotatable bonds is 6. The molecule has 0 saturated carbocycles. The number of ether oxygens (including phenoxy) is 2. The number of piperidine rings is 1. The third kappa shape index (κ3) is 4.84. The van der Waals surface area contributed by atoms with Crippen LogP contribution in [0.2, 0.25) is 0 Å². The molecule has 1 aromatic rings. The summed E-state index contributed by atoms with van der Waals surface area (Å²) in [5.74, 6) is 0.204. The van der Waals surface area contributed by atoms with Crippen molar-refractivity contribution in [3.63, 3.8) is 0 Å². The molecule has 3 rings (SSSR count). The van der Waals surface area contributed by atoms with Gasteiger partial charge in [0, 0.05) is 39.4 Å². The number of methoxy groups -OCH3 is 1. The van der Waals surface area contributed by atoms with E-state index in [4.69, 9.17) is 9.47 Å². The highest BCUT2D eigenvalue weighted by atomic mass is 16.5. The first-order chi connectivity index (χ1) is 12.6. The topological polar surface area (TPSA) is 42.0 Å². The highest BCUT2D eigenvalue weighted by molar-refractivity contribution is 5.76. The lowest BCUT2D eigenvalue weighted by Gasteiger charge is -2.48. The van der Waals surface area contributed by atoms with Crippen LogP contribution < -0.4 is 0 Å². The van der Waals surface area contributed by atoms with Crippen LogP contribution in [0.15, 0.2) is 30.3 Å². The van der Waals surface area contributed by atoms with Crippen molar-refractivity contribution >= 4 is 5.91 Å². The van der Waals surface area contributed by atoms with Gasteiger partial charge in [-0.15, -0.1) is 0 Å². The van der Waals surface area contributed by atoms with Crippen LogP contribution in [-0.4, -0.2) is 67.8 Å². The maximum atomic E-state index is 12.2. The average Bonchev–Trinajstić information content (AvgIpc) is 2.67. The van der Waals surface area contributed by atoms with Gasteiger partial charge in [0.2, 0.25) is 5.91 Å². The number of carbonyl (C=O) groups is 1. The molecule has 1 spiro atoms. The van der Waals surface area contributed by atoms with E-state index < -0.39 is 0 Å². The molecule has 5 nitrogen and oxygen atoms in total. The highest BCUT2D eigenvalue weighted by Gasteiger charge is 2.41. The van der Waals surface area contributed by atoms with Crippen LogP contribution >= 0.6 is 0 Å². The molecule has 0 radical (unpaired) electrons. The van der Waals surface area contributed by atoms with E-state index in [-0.39, 0.29) is 11.5 Å². The summed E-state index contributed by atoms with van der Waals surface area (Å²) in [5, 5.41) is 0. The van der Waals surface area contributed by atoms with Crippen LogP contribution in [0.3, 0.4) is 0 Å². The Morgan fingerprint density at radius 1 is 1.31 bits per heavy atom. The van der Waals surface area contributed by atoms with Gasteiger partial charge in [-0.1, -0.05) is 30.3 Å². The number of nitrogens with zero attached hydrogens (tertiary/aromatic N) is 2. The molecule has 144 valence electrons. The Bertz CT molecular complexity index is 570. The second-order valence-corrected chi connectivity index (χ2v) is 7.70. The summed E-state index contributed by atoms with van der Waals surface area (Å²) in [5.41, 5.74) is 1.31. The van der Waals surface area contributed by atoms with Crippen molar-refractivity contribution in [3.05, 3.63) is 35.9 Å². The van der Waals surface area contributed by atoms with Crippen molar-refractivity contribution < 1.29 is 14.3 Å². The largest absolute Gasteiger partial charge is 0.384 e. The lowest BCUT2D eigenvalue weighted by atomic mass is 9.81. The number of likely N-dealkylation sites (tertiary alicyclic amines) is 1. The van der Waals surface area contributed by atoms with Crippen LogP contribution in [0.5, 0.6) is 0 Å². The fraction of sp³-hybridized carbons (Fsp3) is 0.667. The van der Waals surface area contributed by atoms with Crippen LogP contribution in [0.4, 0.5) is 0 Å². The molecule has 1 amide bonds. The zero-order valence-electron chi connectivity index (χ0n) is 16.2. The fourth-order valence-electron chi connectivity index (χ4n) is 4.24. The van der Waals surface area contributed by atoms with Gasteiger partial charge < -0.3 is 14.4 Å². The first-order valence-corrected chi connectivity index (χ1v) is 9.77. The van der Waals surface area contributed by atoms with Crippen molar-refractivity contribution in [3.8, 4) is 0 Å². The second-order valence-electron chi connectivity index (χ2n) is 7.70. The van der Waals surface area contributed by atoms with E-state index in [0.717, 1.165) is 51.9 Å². The van der Waals surface area contributed by atoms with Gasteiger partial charge in [-0.25, -0.2) is 0 Å². The summed E-state index contributed by atoms with van der Waals surface area (Å²) in [6.45, 7) is 3.91. The zero-order valence-corrected chi connectivity index (χ0v) is 16.2. The Morgan fingerprint density at radius 2 is 2.04 bits per heavy atom. The van der Waals surface area contributed by atoms with Gasteiger partial charge in [-0.2, -0.15) is 0 Å². The number of hydrogen-bond donors (Lipinski definition) is 0. The number of amides is 1. The predicted octanol–water partition coefficient (Wildman–Crippen LogP) is 2.70. The van der Waals surface area contributed by atoms with Gasteiger partial charge in [-0.3, -0.25) is 9.69 Å². The summed E-state index contributed by atoms with van der Waals surface area (Å²) in [7, 11) is 3.86. The standard InChI is InChI=1S/C21H32N2O3/c1-22(17-18-6-4-3-5-7-18)19-8-15-26-21(16-19)10-12-23(13-11-21)20(24)9-14-25-2/h3-7,19H,8-17H2,1-2H3. The van der Waals surface area contributed by atoms with Crippen molar-refractivity contribution in [1.82, 2.24) is 9.80 Å². The summed E-state index contributed by atoms with van der Waals surface area (Å²) >= 11 is 0. The molecule has 0 bridgehead atoms. The molecule has 0 N–H and O–H groups in total. The Balaban J connectivity index is 1.53. The normalized spacial score (nSPS) is 22.7. The van der Waals surface area contributed by atoms with Gasteiger partial charge >= 0.3 is 0 Å². The Hall–Kier alpha value is -1.43. The summed E-state index contributed by atoms with van der Waals surface area (Å²) in [6, 6.07) is 11.2. The van der Waals surface area contributed by atoms with E-state index in [9.17, 15) is 4.79 Å². The van der Waals surface area contributed by atoms with Crippen molar-refractivity contribution in [2.45, 2.75) is 50.3 Å². The fourth-order valence-corrected chi connectivity index (χ4v) is 4.24. The van der Waals surface area contributed by atoms with Crippen LogP contribution in [0, 0.1) is 0 Å². The van der Waals surface area contributed by atoms with E-state index in [0.29, 0.717) is 19.1 Å². The molecular weight excluding hydrogens is 328 g/mol. The molecule has 1 aromatic carbocycles. The van der Waals surface area contributed by atoms with Gasteiger partial charge in [0.05, 0.1) is 18.6 Å². The van der Waals surface area contributed by atoms with Crippen LogP contribution in [0.25, 0.3) is 0 Å². The minimum atomic E-state index is -0.0497. The SMILES string of the molecule is COCCC(=O)N1CCC2(CC1)CC(N(C)Cc1ccccc1)CCO2. The molecule has 26 heavy (non-hydrogen) atoms. The van der Waals surface area contributed by atoms with Gasteiger partial charge in [0.15, 0.2) is 0 Å². The molecule has 5 heteroatoms. The molecule has 1 unspecified atom stereocenters. The predicted molar refractivity (Wildman–Crippen MR) is 102 cm³/mol. The second kappa shape index (κ2) is 8.98. The molecule has 2 heterocycles. The smallest absolute Gasteiger partial charge is 0.224 e. The lowest BCUT2D eigenvalue weighted by Crippen LogP contribution is -2.54. The molecule has 2 saturated heterocycles. The Morgan fingerprint density at radius 3 is 2.73 bits per heavy atom. The number of carbonyl (C=O) groups excluding carboxylic acids is 1. The van der Waals surface area contributed by atoms with E-state index in [1.54, 1.807) is 7.11 Å². The Kier molecular flexibility index (Phi) is 6.68. The van der Waals surface area contributed by atoms with Crippen LogP contribution in [-0.2, 0) is 20.8 Å². The number of hydrogen-bond acceptors (Lipinski definition) is 4. The van der Waals surface area contributed by atoms with E-state index in [1.807, 2.05) is 4.90 Å². The maximum absolute atomic E-state index is 12.2. The van der Waals surface area contributed by atoms with E-state index >= 15 is 0 Å². The third-order valence-electron chi connectivity index (χ3n) is 5.91. The summed E-state index contributed by atoms with van der Waals surface area (Å²) in [4.78, 5) is 16.6. The molecule has 2 aliphatic rings.